The van der Waals surface area contributed by atoms with Crippen molar-refractivity contribution in [3.8, 4) is 5.75 Å². The number of rotatable bonds is 7. The van der Waals surface area contributed by atoms with Gasteiger partial charge in [0.2, 0.25) is 5.91 Å². The molecule has 1 aliphatic rings. The van der Waals surface area contributed by atoms with E-state index in [1.807, 2.05) is 24.3 Å². The molecule has 3 heterocycles. The molecule has 1 aliphatic heterocycles. The molecule has 2 aromatic heterocycles. The molecule has 1 fully saturated rings. The van der Waals surface area contributed by atoms with E-state index in [1.54, 1.807) is 24.8 Å². The monoisotopic (exact) mass is 411 g/mol. The fraction of sp³-hybridized carbons (Fsp3) is 0.381. The van der Waals surface area contributed by atoms with Crippen molar-refractivity contribution in [2.24, 2.45) is 0 Å². The van der Waals surface area contributed by atoms with Crippen LogP contribution in [0.4, 0.5) is 5.82 Å². The van der Waals surface area contributed by atoms with E-state index >= 15 is 0 Å². The number of nitrogens with zero attached hydrogens (tertiary/aromatic N) is 4. The van der Waals surface area contributed by atoms with Crippen molar-refractivity contribution >= 4 is 33.3 Å². The first kappa shape index (κ1) is 19.6. The lowest BCUT2D eigenvalue weighted by Gasteiger charge is -2.35. The van der Waals surface area contributed by atoms with Gasteiger partial charge >= 0.3 is 0 Å². The highest BCUT2D eigenvalue weighted by molar-refractivity contribution is 7.16. The van der Waals surface area contributed by atoms with Gasteiger partial charge in [-0.2, -0.15) is 0 Å². The van der Waals surface area contributed by atoms with Gasteiger partial charge in [0, 0.05) is 32.7 Å². The maximum absolute atomic E-state index is 12.3. The van der Waals surface area contributed by atoms with Crippen LogP contribution in [0.2, 0.25) is 0 Å². The molecular formula is C21H25N5O2S. The van der Waals surface area contributed by atoms with Gasteiger partial charge in [-0.1, -0.05) is 12.1 Å². The molecule has 0 bridgehead atoms. The molecule has 3 aromatic rings. The van der Waals surface area contributed by atoms with Gasteiger partial charge in [-0.3, -0.25) is 9.69 Å². The Balaban J connectivity index is 1.22. The predicted molar refractivity (Wildman–Crippen MR) is 116 cm³/mol. The summed E-state index contributed by atoms with van der Waals surface area (Å²) in [4.78, 5) is 26.6. The van der Waals surface area contributed by atoms with Crippen molar-refractivity contribution in [1.82, 2.24) is 20.2 Å². The van der Waals surface area contributed by atoms with E-state index < -0.39 is 0 Å². The number of thiophene rings is 1. The second kappa shape index (κ2) is 9.19. The lowest BCUT2D eigenvalue weighted by Crippen LogP contribution is -2.49. The summed E-state index contributed by atoms with van der Waals surface area (Å²) in [6.07, 6.45) is 2.43. The van der Waals surface area contributed by atoms with Crippen LogP contribution < -0.4 is 15.0 Å². The van der Waals surface area contributed by atoms with E-state index in [-0.39, 0.29) is 5.91 Å². The Morgan fingerprint density at radius 2 is 2.07 bits per heavy atom. The van der Waals surface area contributed by atoms with Gasteiger partial charge < -0.3 is 15.0 Å². The van der Waals surface area contributed by atoms with Crippen molar-refractivity contribution in [3.63, 3.8) is 0 Å². The van der Waals surface area contributed by atoms with Crippen LogP contribution in [-0.2, 0) is 11.2 Å². The Bertz CT molecular complexity index is 968. The highest BCUT2D eigenvalue weighted by Crippen LogP contribution is 2.27. The van der Waals surface area contributed by atoms with Crippen molar-refractivity contribution in [2.75, 3.05) is 51.3 Å². The number of anilines is 1. The van der Waals surface area contributed by atoms with Crippen LogP contribution in [0.25, 0.3) is 10.2 Å². The van der Waals surface area contributed by atoms with Crippen LogP contribution in [0, 0.1) is 0 Å². The largest absolute Gasteiger partial charge is 0.497 e. The summed E-state index contributed by atoms with van der Waals surface area (Å²) in [5.41, 5.74) is 1.16. The fourth-order valence-corrected chi connectivity index (χ4v) is 4.31. The summed E-state index contributed by atoms with van der Waals surface area (Å²) in [6, 6.07) is 10.0. The molecule has 29 heavy (non-hydrogen) atoms. The Hall–Kier alpha value is -2.71. The number of amides is 1. The van der Waals surface area contributed by atoms with Crippen molar-refractivity contribution < 1.29 is 9.53 Å². The summed E-state index contributed by atoms with van der Waals surface area (Å²) in [7, 11) is 1.66. The number of hydrogen-bond donors (Lipinski definition) is 1. The first-order valence-electron chi connectivity index (χ1n) is 9.78. The number of nitrogens with one attached hydrogen (secondary N) is 1. The second-order valence-electron chi connectivity index (χ2n) is 7.05. The third kappa shape index (κ3) is 4.83. The molecule has 0 saturated carbocycles. The molecular weight excluding hydrogens is 386 g/mol. The molecule has 8 heteroatoms. The summed E-state index contributed by atoms with van der Waals surface area (Å²) in [5.74, 6) is 1.91. The molecule has 0 aliphatic carbocycles. The van der Waals surface area contributed by atoms with E-state index in [4.69, 9.17) is 4.74 Å². The van der Waals surface area contributed by atoms with Gasteiger partial charge in [0.15, 0.2) is 0 Å². The number of benzene rings is 1. The third-order valence-electron chi connectivity index (χ3n) is 5.15. The van der Waals surface area contributed by atoms with Crippen LogP contribution in [0.5, 0.6) is 5.75 Å². The topological polar surface area (TPSA) is 70.6 Å². The molecule has 7 nitrogen and oxygen atoms in total. The molecule has 1 N–H and O–H groups in total. The Morgan fingerprint density at radius 1 is 1.21 bits per heavy atom. The predicted octanol–water partition coefficient (Wildman–Crippen LogP) is 2.18. The maximum atomic E-state index is 12.3. The average molecular weight is 412 g/mol. The normalized spacial score (nSPS) is 14.9. The van der Waals surface area contributed by atoms with E-state index in [0.717, 1.165) is 59.9 Å². The zero-order valence-corrected chi connectivity index (χ0v) is 17.3. The number of carbonyl (C=O) groups excluding carboxylic acids is 1. The minimum absolute atomic E-state index is 0.0728. The lowest BCUT2D eigenvalue weighted by atomic mass is 10.1. The van der Waals surface area contributed by atoms with Gasteiger partial charge in [-0.25, -0.2) is 9.97 Å². The first-order chi connectivity index (χ1) is 14.2. The van der Waals surface area contributed by atoms with E-state index in [1.165, 1.54) is 0 Å². The van der Waals surface area contributed by atoms with Crippen molar-refractivity contribution in [3.05, 3.63) is 47.6 Å². The number of piperazine rings is 1. The van der Waals surface area contributed by atoms with Gasteiger partial charge in [0.1, 0.15) is 22.7 Å². The third-order valence-corrected chi connectivity index (χ3v) is 5.97. The van der Waals surface area contributed by atoms with Crippen LogP contribution in [0.1, 0.15) is 5.56 Å². The molecule has 4 rings (SSSR count). The smallest absolute Gasteiger partial charge is 0.234 e. The molecule has 0 spiro atoms. The fourth-order valence-electron chi connectivity index (χ4n) is 3.58. The number of aromatic nitrogens is 2. The number of carbonyl (C=O) groups is 1. The van der Waals surface area contributed by atoms with Crippen LogP contribution in [0.15, 0.2) is 42.0 Å². The van der Waals surface area contributed by atoms with Gasteiger partial charge in [-0.15, -0.1) is 11.3 Å². The Kier molecular flexibility index (Phi) is 6.21. The summed E-state index contributed by atoms with van der Waals surface area (Å²) < 4.78 is 5.24. The number of ether oxygens (including phenoxy) is 1. The SMILES string of the molecule is COc1cccc(CCNC(=O)CN2CCN(c3ncnc4sccc34)CC2)c1. The minimum Gasteiger partial charge on any atom is -0.497 e. The van der Waals surface area contributed by atoms with Gasteiger partial charge in [0.05, 0.1) is 19.0 Å². The molecule has 0 unspecified atom stereocenters. The van der Waals surface area contributed by atoms with Crippen LogP contribution in [0.3, 0.4) is 0 Å². The summed E-state index contributed by atoms with van der Waals surface area (Å²) in [6.45, 7) is 4.47. The number of methoxy groups -OCH3 is 1. The van der Waals surface area contributed by atoms with Crippen molar-refractivity contribution in [2.45, 2.75) is 6.42 Å². The zero-order valence-electron chi connectivity index (χ0n) is 16.5. The lowest BCUT2D eigenvalue weighted by molar-refractivity contribution is -0.122. The number of hydrogen-bond acceptors (Lipinski definition) is 7. The summed E-state index contributed by atoms with van der Waals surface area (Å²) in [5, 5.41) is 6.19. The molecule has 1 amide bonds. The zero-order chi connectivity index (χ0) is 20.1. The van der Waals surface area contributed by atoms with Crippen molar-refractivity contribution in [1.29, 1.82) is 0 Å². The van der Waals surface area contributed by atoms with Crippen LogP contribution in [-0.4, -0.2) is 67.2 Å². The molecule has 0 radical (unpaired) electrons. The Labute approximate surface area is 174 Å². The van der Waals surface area contributed by atoms with Gasteiger partial charge in [-0.05, 0) is 35.6 Å². The second-order valence-corrected chi connectivity index (χ2v) is 7.95. The van der Waals surface area contributed by atoms with E-state index in [0.29, 0.717) is 13.1 Å². The molecule has 0 atom stereocenters. The highest BCUT2D eigenvalue weighted by atomic mass is 32.1. The molecule has 152 valence electrons. The number of fused-ring (bicyclic) bond motifs is 1. The summed E-state index contributed by atoms with van der Waals surface area (Å²) >= 11 is 1.63. The average Bonchev–Trinajstić information content (AvgIpc) is 3.23. The quantitative estimate of drug-likeness (QED) is 0.643. The first-order valence-corrected chi connectivity index (χ1v) is 10.7. The standard InChI is InChI=1S/C21H25N5O2S/c1-28-17-4-2-3-16(13-17)5-7-22-19(27)14-25-8-10-26(11-9-25)20-18-6-12-29-21(18)24-15-23-20/h2-4,6,12-13,15H,5,7-11,14H2,1H3,(H,22,27). The van der Waals surface area contributed by atoms with Gasteiger partial charge in [0.25, 0.3) is 0 Å². The van der Waals surface area contributed by atoms with E-state index in [9.17, 15) is 4.79 Å². The minimum atomic E-state index is 0.0728. The molecule has 1 aromatic carbocycles. The maximum Gasteiger partial charge on any atom is 0.234 e. The molecule has 1 saturated heterocycles. The Morgan fingerprint density at radius 3 is 2.90 bits per heavy atom. The van der Waals surface area contributed by atoms with E-state index in [2.05, 4.69) is 36.5 Å². The highest BCUT2D eigenvalue weighted by Gasteiger charge is 2.21. The van der Waals surface area contributed by atoms with Crippen LogP contribution >= 0.6 is 11.3 Å².